The first-order chi connectivity index (χ1) is 14.6. The zero-order valence-corrected chi connectivity index (χ0v) is 17.6. The Balaban J connectivity index is 0.000000339. The summed E-state index contributed by atoms with van der Waals surface area (Å²) in [5.41, 5.74) is 0.0968. The van der Waals surface area contributed by atoms with E-state index in [-0.39, 0.29) is 11.3 Å². The van der Waals surface area contributed by atoms with Crippen LogP contribution in [0.3, 0.4) is 0 Å². The molecule has 1 amide bonds. The monoisotopic (exact) mass is 446 g/mol. The van der Waals surface area contributed by atoms with Gasteiger partial charge in [0.2, 0.25) is 5.91 Å². The molecule has 0 aliphatic carbocycles. The summed E-state index contributed by atoms with van der Waals surface area (Å²) in [5, 5.41) is 7.12. The molecule has 3 aliphatic heterocycles. The number of aliphatic carboxylic acids is 1. The number of carbonyl (C=O) groups is 2. The zero-order chi connectivity index (χ0) is 22.6. The first kappa shape index (κ1) is 23.6. The maximum absolute atomic E-state index is 13.2. The van der Waals surface area contributed by atoms with Crippen LogP contribution in [0, 0.1) is 18.3 Å². The van der Waals surface area contributed by atoms with Crippen LogP contribution in [-0.4, -0.2) is 72.4 Å². The van der Waals surface area contributed by atoms with Crippen LogP contribution in [0.4, 0.5) is 13.2 Å². The largest absolute Gasteiger partial charge is 0.490 e. The van der Waals surface area contributed by atoms with E-state index in [1.165, 1.54) is 0 Å². The second-order valence-corrected chi connectivity index (χ2v) is 8.54. The van der Waals surface area contributed by atoms with Crippen LogP contribution in [0.1, 0.15) is 37.2 Å². The molecule has 4 heterocycles. The molecule has 10 heteroatoms. The van der Waals surface area contributed by atoms with Crippen molar-refractivity contribution in [3.05, 3.63) is 23.7 Å². The number of furan rings is 1. The van der Waals surface area contributed by atoms with Crippen molar-refractivity contribution in [2.75, 3.05) is 39.4 Å². The lowest BCUT2D eigenvalue weighted by molar-refractivity contribution is -0.192. The smallest absolute Gasteiger partial charge is 0.475 e. The van der Waals surface area contributed by atoms with Crippen molar-refractivity contribution >= 4 is 11.9 Å². The van der Waals surface area contributed by atoms with Gasteiger partial charge in [-0.1, -0.05) is 0 Å². The number of amides is 1. The van der Waals surface area contributed by atoms with Crippen molar-refractivity contribution < 1.29 is 37.0 Å². The SMILES string of the molecule is Cc1ccc(CN2CC(C(=O)N3CCCC3)C3(CCOCC3)C2)o1.O=C(O)C(F)(F)F. The molecule has 1 unspecified atom stereocenters. The Kier molecular flexibility index (Phi) is 7.31. The molecule has 0 aromatic carbocycles. The highest BCUT2D eigenvalue weighted by molar-refractivity contribution is 5.80. The molecule has 3 saturated heterocycles. The molecule has 3 aliphatic rings. The third-order valence-corrected chi connectivity index (χ3v) is 6.34. The van der Waals surface area contributed by atoms with Crippen molar-refractivity contribution in [3.8, 4) is 0 Å². The number of likely N-dealkylation sites (tertiary alicyclic amines) is 2. The van der Waals surface area contributed by atoms with Gasteiger partial charge >= 0.3 is 12.1 Å². The molecule has 1 aromatic heterocycles. The van der Waals surface area contributed by atoms with Gasteiger partial charge in [-0.15, -0.1) is 0 Å². The van der Waals surface area contributed by atoms with Crippen LogP contribution in [0.15, 0.2) is 16.5 Å². The third-order valence-electron chi connectivity index (χ3n) is 6.34. The molecule has 0 bridgehead atoms. The highest BCUT2D eigenvalue weighted by Crippen LogP contribution is 2.45. The number of hydrogen-bond donors (Lipinski definition) is 1. The standard InChI is InChI=1S/C19H28N2O3.C2HF3O2/c1-15-4-5-16(24-15)12-20-13-17(18(22)21-8-2-3-9-21)19(14-20)6-10-23-11-7-19;3-2(4,5)1(6)7/h4-5,17H,2-3,6-14H2,1H3;(H,6,7). The zero-order valence-electron chi connectivity index (χ0n) is 17.6. The highest BCUT2D eigenvalue weighted by atomic mass is 19.4. The number of nitrogens with zero attached hydrogens (tertiary/aromatic N) is 2. The summed E-state index contributed by atoms with van der Waals surface area (Å²) < 4.78 is 43.1. The fourth-order valence-electron chi connectivity index (χ4n) is 4.77. The van der Waals surface area contributed by atoms with Crippen LogP contribution < -0.4 is 0 Å². The van der Waals surface area contributed by atoms with Gasteiger partial charge in [-0.2, -0.15) is 13.2 Å². The first-order valence-corrected chi connectivity index (χ1v) is 10.5. The van der Waals surface area contributed by atoms with Gasteiger partial charge in [0, 0.05) is 44.8 Å². The molecule has 1 spiro atoms. The van der Waals surface area contributed by atoms with Crippen molar-refractivity contribution in [1.82, 2.24) is 9.80 Å². The molecule has 1 N–H and O–H groups in total. The quantitative estimate of drug-likeness (QED) is 0.769. The average Bonchev–Trinajstić information content (AvgIpc) is 3.43. The fourth-order valence-corrected chi connectivity index (χ4v) is 4.77. The summed E-state index contributed by atoms with van der Waals surface area (Å²) >= 11 is 0. The molecule has 4 rings (SSSR count). The number of carbonyl (C=O) groups excluding carboxylic acids is 1. The van der Waals surface area contributed by atoms with Gasteiger partial charge in [0.1, 0.15) is 11.5 Å². The van der Waals surface area contributed by atoms with Gasteiger partial charge in [0.15, 0.2) is 0 Å². The van der Waals surface area contributed by atoms with Gasteiger partial charge in [-0.05, 0) is 44.7 Å². The van der Waals surface area contributed by atoms with Crippen LogP contribution in [0.5, 0.6) is 0 Å². The minimum absolute atomic E-state index is 0.0968. The van der Waals surface area contributed by atoms with Crippen LogP contribution in [0.2, 0.25) is 0 Å². The van der Waals surface area contributed by atoms with E-state index in [4.69, 9.17) is 19.1 Å². The Morgan fingerprint density at radius 3 is 2.32 bits per heavy atom. The summed E-state index contributed by atoms with van der Waals surface area (Å²) in [6, 6.07) is 4.07. The lowest BCUT2D eigenvalue weighted by Crippen LogP contribution is -2.45. The van der Waals surface area contributed by atoms with Gasteiger partial charge in [-0.25, -0.2) is 4.79 Å². The van der Waals surface area contributed by atoms with Crippen LogP contribution >= 0.6 is 0 Å². The normalized spacial score (nSPS) is 23.6. The maximum atomic E-state index is 13.2. The van der Waals surface area contributed by atoms with E-state index < -0.39 is 12.1 Å². The van der Waals surface area contributed by atoms with Crippen molar-refractivity contribution in [2.24, 2.45) is 11.3 Å². The fraction of sp³-hybridized carbons (Fsp3) is 0.714. The van der Waals surface area contributed by atoms with E-state index in [1.54, 1.807) is 0 Å². The number of alkyl halides is 3. The lowest BCUT2D eigenvalue weighted by atomic mass is 9.71. The number of aryl methyl sites for hydroxylation is 1. The Hall–Kier alpha value is -2.07. The highest BCUT2D eigenvalue weighted by Gasteiger charge is 2.51. The van der Waals surface area contributed by atoms with E-state index in [0.29, 0.717) is 5.91 Å². The Morgan fingerprint density at radius 2 is 1.81 bits per heavy atom. The topological polar surface area (TPSA) is 83.2 Å². The van der Waals surface area contributed by atoms with Crippen molar-refractivity contribution in [1.29, 1.82) is 0 Å². The molecule has 0 saturated carbocycles. The number of carboxylic acids is 1. The molecule has 1 atom stereocenters. The minimum atomic E-state index is -5.08. The van der Waals surface area contributed by atoms with Crippen LogP contribution in [-0.2, 0) is 20.9 Å². The van der Waals surface area contributed by atoms with Gasteiger partial charge < -0.3 is 19.2 Å². The van der Waals surface area contributed by atoms with E-state index in [0.717, 1.165) is 83.1 Å². The molecule has 1 aromatic rings. The van der Waals surface area contributed by atoms with Crippen LogP contribution in [0.25, 0.3) is 0 Å². The number of rotatable bonds is 3. The average molecular weight is 446 g/mol. The molecule has 31 heavy (non-hydrogen) atoms. The third kappa shape index (κ3) is 5.79. The summed E-state index contributed by atoms with van der Waals surface area (Å²) in [6.45, 7) is 8.09. The Labute approximate surface area is 179 Å². The Bertz CT molecular complexity index is 767. The van der Waals surface area contributed by atoms with E-state index in [9.17, 15) is 18.0 Å². The number of halogens is 3. The van der Waals surface area contributed by atoms with Crippen molar-refractivity contribution in [2.45, 2.75) is 45.3 Å². The Morgan fingerprint density at radius 1 is 1.19 bits per heavy atom. The second kappa shape index (κ2) is 9.60. The number of hydrogen-bond acceptors (Lipinski definition) is 5. The predicted molar refractivity (Wildman–Crippen MR) is 104 cm³/mol. The summed E-state index contributed by atoms with van der Waals surface area (Å²) in [5.74, 6) is -0.297. The lowest BCUT2D eigenvalue weighted by Gasteiger charge is -2.38. The molecule has 174 valence electrons. The van der Waals surface area contributed by atoms with Gasteiger partial charge in [0.25, 0.3) is 0 Å². The predicted octanol–water partition coefficient (Wildman–Crippen LogP) is 3.07. The first-order valence-electron chi connectivity index (χ1n) is 10.5. The summed E-state index contributed by atoms with van der Waals surface area (Å²) in [4.78, 5) is 26.6. The molecular formula is C21H29F3N2O5. The van der Waals surface area contributed by atoms with E-state index >= 15 is 0 Å². The molecule has 3 fully saturated rings. The molecular weight excluding hydrogens is 417 g/mol. The number of ether oxygens (including phenoxy) is 1. The summed E-state index contributed by atoms with van der Waals surface area (Å²) in [6.07, 6.45) is -0.760. The van der Waals surface area contributed by atoms with Gasteiger partial charge in [0.05, 0.1) is 12.5 Å². The molecule has 0 radical (unpaired) electrons. The van der Waals surface area contributed by atoms with Gasteiger partial charge in [-0.3, -0.25) is 9.69 Å². The second-order valence-electron chi connectivity index (χ2n) is 8.54. The van der Waals surface area contributed by atoms with E-state index in [1.807, 2.05) is 13.0 Å². The maximum Gasteiger partial charge on any atom is 0.490 e. The van der Waals surface area contributed by atoms with Crippen molar-refractivity contribution in [3.63, 3.8) is 0 Å². The van der Waals surface area contributed by atoms with E-state index in [2.05, 4.69) is 15.9 Å². The summed E-state index contributed by atoms with van der Waals surface area (Å²) in [7, 11) is 0. The minimum Gasteiger partial charge on any atom is -0.475 e. The molecule has 7 nitrogen and oxygen atoms in total. The number of carboxylic acid groups (broad SMARTS) is 1.